The molecule has 2 aromatic carbocycles. The van der Waals surface area contributed by atoms with E-state index in [0.29, 0.717) is 48.1 Å². The van der Waals surface area contributed by atoms with Crippen LogP contribution < -0.4 is 5.32 Å². The van der Waals surface area contributed by atoms with Gasteiger partial charge in [0, 0.05) is 31.0 Å². The summed E-state index contributed by atoms with van der Waals surface area (Å²) < 4.78 is 13.8. The average molecular weight is 468 g/mol. The lowest BCUT2D eigenvalue weighted by molar-refractivity contribution is 0.0585. The van der Waals surface area contributed by atoms with Crippen molar-refractivity contribution in [2.24, 2.45) is 0 Å². The van der Waals surface area contributed by atoms with Crippen molar-refractivity contribution in [3.05, 3.63) is 63.9 Å². The standard InChI is InChI=1S/C21H20Cl2FN3O2S/c22-15-6-5-14(13-16(15)23)19(28)27-11-12-30-21(27)7-9-26(10-8-21)20(29)25-18-4-2-1-3-17(18)24/h1-6,13H,7-12H2,(H,25,29). The largest absolute Gasteiger partial charge is 0.324 e. The molecule has 9 heteroatoms. The number of carbonyl (C=O) groups excluding carboxylic acids is 2. The molecular formula is C21H20Cl2FN3O2S. The van der Waals surface area contributed by atoms with Crippen LogP contribution in [0.5, 0.6) is 0 Å². The number of para-hydroxylation sites is 1. The van der Waals surface area contributed by atoms with Crippen LogP contribution in [-0.2, 0) is 0 Å². The average Bonchev–Trinajstić information content (AvgIpc) is 3.14. The third-order valence-electron chi connectivity index (χ3n) is 5.54. The number of nitrogens with zero attached hydrogens (tertiary/aromatic N) is 2. The highest BCUT2D eigenvalue weighted by Gasteiger charge is 2.47. The van der Waals surface area contributed by atoms with Crippen molar-refractivity contribution < 1.29 is 14.0 Å². The van der Waals surface area contributed by atoms with E-state index in [2.05, 4.69) is 5.32 Å². The second kappa shape index (κ2) is 8.65. The first-order chi connectivity index (χ1) is 14.4. The quantitative estimate of drug-likeness (QED) is 0.647. The molecule has 1 N–H and O–H groups in total. The number of halogens is 3. The van der Waals surface area contributed by atoms with E-state index in [1.807, 2.05) is 4.90 Å². The molecule has 2 heterocycles. The number of carbonyl (C=O) groups is 2. The Kier molecular flexibility index (Phi) is 6.14. The van der Waals surface area contributed by atoms with Gasteiger partial charge in [0.2, 0.25) is 0 Å². The number of piperidine rings is 1. The Morgan fingerprint density at radius 1 is 1.03 bits per heavy atom. The summed E-state index contributed by atoms with van der Waals surface area (Å²) in [6.45, 7) is 1.61. The minimum atomic E-state index is -0.468. The number of hydrogen-bond acceptors (Lipinski definition) is 3. The van der Waals surface area contributed by atoms with E-state index < -0.39 is 5.82 Å². The van der Waals surface area contributed by atoms with E-state index in [0.717, 1.165) is 5.75 Å². The van der Waals surface area contributed by atoms with E-state index >= 15 is 0 Å². The van der Waals surface area contributed by atoms with E-state index in [1.165, 1.54) is 12.1 Å². The SMILES string of the molecule is O=C(Nc1ccccc1F)N1CCC2(CC1)SCCN2C(=O)c1ccc(Cl)c(Cl)c1. The lowest BCUT2D eigenvalue weighted by Gasteiger charge is -2.44. The molecule has 2 aliphatic heterocycles. The van der Waals surface area contributed by atoms with Crippen molar-refractivity contribution in [3.63, 3.8) is 0 Å². The highest BCUT2D eigenvalue weighted by atomic mass is 35.5. The Balaban J connectivity index is 1.43. The van der Waals surface area contributed by atoms with Crippen molar-refractivity contribution in [1.29, 1.82) is 0 Å². The number of hydrogen-bond donors (Lipinski definition) is 1. The number of rotatable bonds is 2. The summed E-state index contributed by atoms with van der Waals surface area (Å²) in [5.41, 5.74) is 0.667. The van der Waals surface area contributed by atoms with E-state index in [9.17, 15) is 14.0 Å². The molecule has 158 valence electrons. The van der Waals surface area contributed by atoms with Gasteiger partial charge in [-0.3, -0.25) is 4.79 Å². The summed E-state index contributed by atoms with van der Waals surface area (Å²) in [5.74, 6) is 0.293. The molecule has 0 aliphatic carbocycles. The Bertz CT molecular complexity index is 982. The van der Waals surface area contributed by atoms with Gasteiger partial charge in [-0.05, 0) is 43.2 Å². The molecule has 5 nitrogen and oxygen atoms in total. The van der Waals surface area contributed by atoms with Gasteiger partial charge in [-0.25, -0.2) is 9.18 Å². The van der Waals surface area contributed by atoms with Crippen LogP contribution in [0.1, 0.15) is 23.2 Å². The lowest BCUT2D eigenvalue weighted by Crippen LogP contribution is -2.54. The lowest BCUT2D eigenvalue weighted by atomic mass is 10.0. The fraction of sp³-hybridized carbons (Fsp3) is 0.333. The molecule has 2 aromatic rings. The maximum absolute atomic E-state index is 13.8. The molecule has 30 heavy (non-hydrogen) atoms. The first-order valence-corrected chi connectivity index (χ1v) is 11.4. The highest BCUT2D eigenvalue weighted by Crippen LogP contribution is 2.44. The molecule has 0 atom stereocenters. The topological polar surface area (TPSA) is 52.7 Å². The summed E-state index contributed by atoms with van der Waals surface area (Å²) in [5, 5.41) is 3.39. The summed E-state index contributed by atoms with van der Waals surface area (Å²) in [7, 11) is 0. The van der Waals surface area contributed by atoms with Crippen LogP contribution in [0.3, 0.4) is 0 Å². The zero-order valence-electron chi connectivity index (χ0n) is 16.0. The van der Waals surface area contributed by atoms with E-state index in [-0.39, 0.29) is 22.5 Å². The normalized spacial score (nSPS) is 18.0. The zero-order chi connectivity index (χ0) is 21.3. The molecule has 2 aliphatic rings. The third kappa shape index (κ3) is 4.11. The van der Waals surface area contributed by atoms with Crippen molar-refractivity contribution in [1.82, 2.24) is 9.80 Å². The van der Waals surface area contributed by atoms with Crippen molar-refractivity contribution in [2.75, 3.05) is 30.7 Å². The minimum Gasteiger partial charge on any atom is -0.324 e. The van der Waals surface area contributed by atoms with E-state index in [1.54, 1.807) is 47.0 Å². The molecule has 4 rings (SSSR count). The number of urea groups is 1. The van der Waals surface area contributed by atoms with Gasteiger partial charge < -0.3 is 15.1 Å². The highest BCUT2D eigenvalue weighted by molar-refractivity contribution is 8.00. The molecule has 0 bridgehead atoms. The summed E-state index contributed by atoms with van der Waals surface area (Å²) in [4.78, 5) is 28.9. The predicted molar refractivity (Wildman–Crippen MR) is 119 cm³/mol. The van der Waals surface area contributed by atoms with Gasteiger partial charge >= 0.3 is 6.03 Å². The molecular weight excluding hydrogens is 448 g/mol. The van der Waals surface area contributed by atoms with Gasteiger partial charge in [-0.1, -0.05) is 35.3 Å². The van der Waals surface area contributed by atoms with Gasteiger partial charge in [0.25, 0.3) is 5.91 Å². The first-order valence-electron chi connectivity index (χ1n) is 9.61. The molecule has 1 spiro atoms. The first kappa shape index (κ1) is 21.3. The third-order valence-corrected chi connectivity index (χ3v) is 7.83. The summed E-state index contributed by atoms with van der Waals surface area (Å²) >= 11 is 13.8. The van der Waals surface area contributed by atoms with Crippen molar-refractivity contribution >= 4 is 52.6 Å². The number of likely N-dealkylation sites (tertiary alicyclic amines) is 1. The van der Waals surface area contributed by atoms with Gasteiger partial charge in [0.05, 0.1) is 20.6 Å². The number of amides is 3. The molecule has 0 saturated carbocycles. The summed E-state index contributed by atoms with van der Waals surface area (Å²) in [6.07, 6.45) is 1.30. The maximum atomic E-state index is 13.8. The minimum absolute atomic E-state index is 0.0807. The molecule has 2 saturated heterocycles. The molecule has 0 radical (unpaired) electrons. The van der Waals surface area contributed by atoms with E-state index in [4.69, 9.17) is 23.2 Å². The molecule has 0 aromatic heterocycles. The fourth-order valence-corrected chi connectivity index (χ4v) is 5.66. The van der Waals surface area contributed by atoms with Crippen LogP contribution in [0.2, 0.25) is 10.0 Å². The zero-order valence-corrected chi connectivity index (χ0v) is 18.4. The second-order valence-electron chi connectivity index (χ2n) is 7.28. The maximum Gasteiger partial charge on any atom is 0.321 e. The fourth-order valence-electron chi connectivity index (χ4n) is 3.91. The Morgan fingerprint density at radius 2 is 1.77 bits per heavy atom. The number of nitrogens with one attached hydrogen (secondary N) is 1. The molecule has 0 unspecified atom stereocenters. The van der Waals surface area contributed by atoms with Crippen LogP contribution in [0.4, 0.5) is 14.9 Å². The number of thioether (sulfide) groups is 1. The smallest absolute Gasteiger partial charge is 0.321 e. The van der Waals surface area contributed by atoms with Crippen molar-refractivity contribution in [3.8, 4) is 0 Å². The number of anilines is 1. The van der Waals surface area contributed by atoms with Crippen LogP contribution in [0.15, 0.2) is 42.5 Å². The van der Waals surface area contributed by atoms with Crippen LogP contribution in [0, 0.1) is 5.82 Å². The van der Waals surface area contributed by atoms with Gasteiger partial charge in [-0.2, -0.15) is 0 Å². The van der Waals surface area contributed by atoms with Crippen LogP contribution >= 0.6 is 35.0 Å². The Labute approximate surface area is 188 Å². The monoisotopic (exact) mass is 467 g/mol. The molecule has 3 amide bonds. The summed E-state index contributed by atoms with van der Waals surface area (Å²) in [6, 6.07) is 10.7. The van der Waals surface area contributed by atoms with Crippen molar-refractivity contribution in [2.45, 2.75) is 17.7 Å². The van der Waals surface area contributed by atoms with Gasteiger partial charge in [0.1, 0.15) is 5.82 Å². The second-order valence-corrected chi connectivity index (χ2v) is 9.55. The van der Waals surface area contributed by atoms with Crippen LogP contribution in [0.25, 0.3) is 0 Å². The van der Waals surface area contributed by atoms with Gasteiger partial charge in [-0.15, -0.1) is 11.8 Å². The number of benzene rings is 2. The molecule has 2 fully saturated rings. The van der Waals surface area contributed by atoms with Crippen LogP contribution in [-0.4, -0.2) is 52.0 Å². The predicted octanol–water partition coefficient (Wildman–Crippen LogP) is 5.35. The Morgan fingerprint density at radius 3 is 2.47 bits per heavy atom. The van der Waals surface area contributed by atoms with Gasteiger partial charge in [0.15, 0.2) is 0 Å². The Hall–Kier alpha value is -1.96.